The van der Waals surface area contributed by atoms with E-state index in [4.69, 9.17) is 4.74 Å². The van der Waals surface area contributed by atoms with Gasteiger partial charge in [0.25, 0.3) is 0 Å². The summed E-state index contributed by atoms with van der Waals surface area (Å²) in [6.45, 7) is 1.99. The van der Waals surface area contributed by atoms with Crippen LogP contribution in [0.5, 0.6) is 5.75 Å². The zero-order chi connectivity index (χ0) is 15.9. The molecule has 0 spiro atoms. The molecule has 0 saturated heterocycles. The van der Waals surface area contributed by atoms with Crippen molar-refractivity contribution < 1.29 is 14.2 Å². The van der Waals surface area contributed by atoms with Crippen LogP contribution in [-0.2, 0) is 0 Å². The van der Waals surface area contributed by atoms with E-state index in [2.05, 4.69) is 5.32 Å². The Labute approximate surface area is 130 Å². The van der Waals surface area contributed by atoms with E-state index in [1.54, 1.807) is 12.1 Å². The van der Waals surface area contributed by atoms with Gasteiger partial charge in [-0.2, -0.15) is 0 Å². The van der Waals surface area contributed by atoms with Gasteiger partial charge in [0.2, 0.25) is 0 Å². The van der Waals surface area contributed by atoms with Gasteiger partial charge in [-0.25, -0.2) is 4.39 Å². The standard InChI is InChI=1S/C18H22FNO2/c1-13(16-9-8-15(22-2)12-17(16)19)20-18(10-11-21)14-6-4-3-5-7-14/h3-9,12-13,18,20-21H,10-11H2,1-2H3/t13?,18-/m1/s1. The summed E-state index contributed by atoms with van der Waals surface area (Å²) >= 11 is 0. The summed E-state index contributed by atoms with van der Waals surface area (Å²) in [5.41, 5.74) is 1.66. The van der Waals surface area contributed by atoms with E-state index < -0.39 is 0 Å². The first-order valence-electron chi connectivity index (χ1n) is 7.41. The van der Waals surface area contributed by atoms with Crippen LogP contribution in [0.25, 0.3) is 0 Å². The van der Waals surface area contributed by atoms with Crippen molar-refractivity contribution in [2.75, 3.05) is 13.7 Å². The van der Waals surface area contributed by atoms with Gasteiger partial charge in [0, 0.05) is 30.3 Å². The monoisotopic (exact) mass is 303 g/mol. The van der Waals surface area contributed by atoms with E-state index in [1.165, 1.54) is 13.2 Å². The third kappa shape index (κ3) is 4.06. The molecular weight excluding hydrogens is 281 g/mol. The highest BCUT2D eigenvalue weighted by Gasteiger charge is 2.17. The molecule has 118 valence electrons. The van der Waals surface area contributed by atoms with Crippen LogP contribution in [0.3, 0.4) is 0 Å². The molecule has 2 aromatic carbocycles. The molecular formula is C18H22FNO2. The minimum Gasteiger partial charge on any atom is -0.497 e. The van der Waals surface area contributed by atoms with Crippen LogP contribution in [0.2, 0.25) is 0 Å². The molecule has 0 amide bonds. The predicted molar refractivity (Wildman–Crippen MR) is 85.4 cm³/mol. The molecule has 0 radical (unpaired) electrons. The molecule has 0 aliphatic heterocycles. The first kappa shape index (κ1) is 16.5. The van der Waals surface area contributed by atoms with Gasteiger partial charge in [0.05, 0.1) is 7.11 Å². The molecule has 2 atom stereocenters. The number of aliphatic hydroxyl groups is 1. The minimum absolute atomic E-state index is 0.0253. The van der Waals surface area contributed by atoms with Crippen molar-refractivity contribution in [3.63, 3.8) is 0 Å². The highest BCUT2D eigenvalue weighted by molar-refractivity contribution is 5.31. The lowest BCUT2D eigenvalue weighted by Gasteiger charge is -2.24. The number of methoxy groups -OCH3 is 1. The first-order valence-corrected chi connectivity index (χ1v) is 7.41. The normalized spacial score (nSPS) is 13.6. The molecule has 2 rings (SSSR count). The molecule has 0 bridgehead atoms. The largest absolute Gasteiger partial charge is 0.497 e. The molecule has 0 aliphatic rings. The van der Waals surface area contributed by atoms with Crippen molar-refractivity contribution in [2.24, 2.45) is 0 Å². The molecule has 2 aromatic rings. The second kappa shape index (κ2) is 7.92. The van der Waals surface area contributed by atoms with Crippen molar-refractivity contribution in [3.05, 3.63) is 65.5 Å². The summed E-state index contributed by atoms with van der Waals surface area (Å²) in [4.78, 5) is 0. The summed E-state index contributed by atoms with van der Waals surface area (Å²) in [5, 5.41) is 12.7. The molecule has 4 heteroatoms. The second-order valence-corrected chi connectivity index (χ2v) is 5.25. The lowest BCUT2D eigenvalue weighted by molar-refractivity contribution is 0.260. The van der Waals surface area contributed by atoms with Crippen molar-refractivity contribution >= 4 is 0 Å². The van der Waals surface area contributed by atoms with Crippen LogP contribution in [0, 0.1) is 5.82 Å². The molecule has 0 aromatic heterocycles. The van der Waals surface area contributed by atoms with Crippen LogP contribution < -0.4 is 10.1 Å². The highest BCUT2D eigenvalue weighted by atomic mass is 19.1. The molecule has 0 saturated carbocycles. The second-order valence-electron chi connectivity index (χ2n) is 5.25. The van der Waals surface area contributed by atoms with Gasteiger partial charge in [0.1, 0.15) is 11.6 Å². The molecule has 0 heterocycles. The van der Waals surface area contributed by atoms with Gasteiger partial charge < -0.3 is 15.2 Å². The lowest BCUT2D eigenvalue weighted by Crippen LogP contribution is -2.26. The van der Waals surface area contributed by atoms with E-state index in [-0.39, 0.29) is 24.5 Å². The zero-order valence-corrected chi connectivity index (χ0v) is 12.9. The summed E-state index contributed by atoms with van der Waals surface area (Å²) in [6.07, 6.45) is 0.576. The molecule has 0 fully saturated rings. The molecule has 1 unspecified atom stereocenters. The predicted octanol–water partition coefficient (Wildman–Crippen LogP) is 3.61. The van der Waals surface area contributed by atoms with Gasteiger partial charge in [-0.15, -0.1) is 0 Å². The van der Waals surface area contributed by atoms with E-state index in [0.29, 0.717) is 17.7 Å². The third-order valence-electron chi connectivity index (χ3n) is 3.75. The Morgan fingerprint density at radius 2 is 1.91 bits per heavy atom. The Balaban J connectivity index is 2.16. The summed E-state index contributed by atoms with van der Waals surface area (Å²) < 4.78 is 19.2. The summed E-state index contributed by atoms with van der Waals surface area (Å²) in [7, 11) is 1.52. The average Bonchev–Trinajstić information content (AvgIpc) is 2.55. The Morgan fingerprint density at radius 3 is 2.50 bits per heavy atom. The van der Waals surface area contributed by atoms with Crippen molar-refractivity contribution in [2.45, 2.75) is 25.4 Å². The SMILES string of the molecule is COc1ccc(C(C)N[C@H](CCO)c2ccccc2)c(F)c1. The molecule has 3 nitrogen and oxygen atoms in total. The van der Waals surface area contributed by atoms with Crippen molar-refractivity contribution in [1.29, 1.82) is 0 Å². The first-order chi connectivity index (χ1) is 10.7. The highest BCUT2D eigenvalue weighted by Crippen LogP contribution is 2.25. The fourth-order valence-electron chi connectivity index (χ4n) is 2.54. The summed E-state index contributed by atoms with van der Waals surface area (Å²) in [5.74, 6) is 0.207. The Morgan fingerprint density at radius 1 is 1.18 bits per heavy atom. The van der Waals surface area contributed by atoms with Crippen LogP contribution in [-0.4, -0.2) is 18.8 Å². The van der Waals surface area contributed by atoms with Crippen LogP contribution in [0.1, 0.15) is 36.6 Å². The van der Waals surface area contributed by atoms with Gasteiger partial charge in [-0.1, -0.05) is 36.4 Å². The number of aliphatic hydroxyl groups excluding tert-OH is 1. The quantitative estimate of drug-likeness (QED) is 0.821. The number of halogens is 1. The Hall–Kier alpha value is -1.91. The number of hydrogen-bond donors (Lipinski definition) is 2. The van der Waals surface area contributed by atoms with E-state index in [0.717, 1.165) is 5.56 Å². The molecule has 22 heavy (non-hydrogen) atoms. The smallest absolute Gasteiger partial charge is 0.131 e. The average molecular weight is 303 g/mol. The van der Waals surface area contributed by atoms with Gasteiger partial charge in [-0.05, 0) is 25.0 Å². The molecule has 2 N–H and O–H groups in total. The van der Waals surface area contributed by atoms with E-state index in [1.807, 2.05) is 37.3 Å². The van der Waals surface area contributed by atoms with Crippen LogP contribution >= 0.6 is 0 Å². The fourth-order valence-corrected chi connectivity index (χ4v) is 2.54. The van der Waals surface area contributed by atoms with E-state index in [9.17, 15) is 9.50 Å². The number of nitrogens with one attached hydrogen (secondary N) is 1. The van der Waals surface area contributed by atoms with Gasteiger partial charge in [0.15, 0.2) is 0 Å². The number of rotatable bonds is 7. The fraction of sp³-hybridized carbons (Fsp3) is 0.333. The van der Waals surface area contributed by atoms with Crippen molar-refractivity contribution in [1.82, 2.24) is 5.32 Å². The van der Waals surface area contributed by atoms with Crippen LogP contribution in [0.15, 0.2) is 48.5 Å². The maximum atomic E-state index is 14.2. The maximum absolute atomic E-state index is 14.2. The number of benzene rings is 2. The third-order valence-corrected chi connectivity index (χ3v) is 3.75. The molecule has 0 aliphatic carbocycles. The van der Waals surface area contributed by atoms with Crippen LogP contribution in [0.4, 0.5) is 4.39 Å². The number of hydrogen-bond acceptors (Lipinski definition) is 3. The van der Waals surface area contributed by atoms with E-state index >= 15 is 0 Å². The van der Waals surface area contributed by atoms with Gasteiger partial charge >= 0.3 is 0 Å². The van der Waals surface area contributed by atoms with Gasteiger partial charge in [-0.3, -0.25) is 0 Å². The topological polar surface area (TPSA) is 41.5 Å². The maximum Gasteiger partial charge on any atom is 0.131 e. The Kier molecular flexibility index (Phi) is 5.92. The minimum atomic E-state index is -0.296. The van der Waals surface area contributed by atoms with Crippen molar-refractivity contribution in [3.8, 4) is 5.75 Å². The Bertz CT molecular complexity index is 589. The lowest BCUT2D eigenvalue weighted by atomic mass is 10.0. The zero-order valence-electron chi connectivity index (χ0n) is 12.9. The number of ether oxygens (including phenoxy) is 1. The summed E-state index contributed by atoms with van der Waals surface area (Å²) in [6, 6.07) is 14.5.